The number of imidazole rings is 1. The van der Waals surface area contributed by atoms with Gasteiger partial charge in [-0.3, -0.25) is 0 Å². The number of benzene rings is 1. The maximum atomic E-state index is 12.0. The molecular weight excluding hydrogens is 463 g/mol. The van der Waals surface area contributed by atoms with Crippen LogP contribution in [0.1, 0.15) is 10.5 Å². The first kappa shape index (κ1) is 20.1. The van der Waals surface area contributed by atoms with Crippen molar-refractivity contribution >= 4 is 49.4 Å². The van der Waals surface area contributed by atoms with E-state index < -0.39 is 22.0 Å². The fourth-order valence-electron chi connectivity index (χ4n) is 3.24. The Kier molecular flexibility index (Phi) is 5.71. The van der Waals surface area contributed by atoms with Gasteiger partial charge in [0.05, 0.1) is 0 Å². The average molecular weight is 482 g/mol. The fourth-order valence-corrected chi connectivity index (χ4v) is 6.53. The number of amides is 1. The summed E-state index contributed by atoms with van der Waals surface area (Å²) in [5.74, 6) is 0.261. The first-order valence-corrected chi connectivity index (χ1v) is 11.2. The normalized spacial score (nSPS) is 24.0. The van der Waals surface area contributed by atoms with E-state index in [0.29, 0.717) is 28.5 Å². The third-order valence-corrected chi connectivity index (χ3v) is 8.44. The van der Waals surface area contributed by atoms with Crippen molar-refractivity contribution in [2.75, 3.05) is 12.4 Å². The Morgan fingerprint density at radius 1 is 1.24 bits per heavy atom. The van der Waals surface area contributed by atoms with E-state index in [0.717, 1.165) is 5.56 Å². The molecule has 29 heavy (non-hydrogen) atoms. The van der Waals surface area contributed by atoms with E-state index in [9.17, 15) is 15.0 Å². The third kappa shape index (κ3) is 3.70. The number of anilines is 1. The van der Waals surface area contributed by atoms with E-state index in [1.165, 1.54) is 13.4 Å². The summed E-state index contributed by atoms with van der Waals surface area (Å²) in [6.45, 7) is 0.464. The van der Waals surface area contributed by atoms with Gasteiger partial charge >= 0.3 is 178 Å². The topological polar surface area (TPSA) is 125 Å². The van der Waals surface area contributed by atoms with Crippen LogP contribution >= 0.6 is 11.6 Å². The van der Waals surface area contributed by atoms with E-state index in [-0.39, 0.29) is 20.9 Å². The molecular formula is C18H19ClN6O3Se. The van der Waals surface area contributed by atoms with Crippen LogP contribution in [0.5, 0.6) is 0 Å². The van der Waals surface area contributed by atoms with Crippen molar-refractivity contribution in [3.8, 4) is 0 Å². The molecule has 2 aromatic heterocycles. The molecule has 1 aromatic carbocycles. The molecule has 4 atom stereocenters. The van der Waals surface area contributed by atoms with Crippen molar-refractivity contribution in [3.63, 3.8) is 0 Å². The van der Waals surface area contributed by atoms with E-state index in [2.05, 4.69) is 25.6 Å². The second-order valence-corrected chi connectivity index (χ2v) is 9.59. The van der Waals surface area contributed by atoms with Crippen molar-refractivity contribution < 1.29 is 15.0 Å². The number of aromatic nitrogens is 4. The van der Waals surface area contributed by atoms with Crippen LogP contribution in [0.4, 0.5) is 5.82 Å². The van der Waals surface area contributed by atoms with Gasteiger partial charge in [0, 0.05) is 0 Å². The monoisotopic (exact) mass is 482 g/mol. The summed E-state index contributed by atoms with van der Waals surface area (Å²) in [5, 5.41) is 27.2. The summed E-state index contributed by atoms with van der Waals surface area (Å²) >= 11 is 5.82. The molecule has 1 saturated heterocycles. The molecule has 3 aromatic rings. The van der Waals surface area contributed by atoms with Crippen molar-refractivity contribution in [2.45, 2.75) is 28.5 Å². The van der Waals surface area contributed by atoms with Gasteiger partial charge < -0.3 is 0 Å². The molecule has 0 aliphatic carbocycles. The second kappa shape index (κ2) is 8.25. The fraction of sp³-hybridized carbons (Fsp3) is 0.333. The predicted octanol–water partition coefficient (Wildman–Crippen LogP) is 0.564. The Morgan fingerprint density at radius 3 is 2.79 bits per heavy atom. The predicted molar refractivity (Wildman–Crippen MR) is 109 cm³/mol. The molecule has 11 heteroatoms. The molecule has 3 heterocycles. The quantitative estimate of drug-likeness (QED) is 0.392. The van der Waals surface area contributed by atoms with Gasteiger partial charge in [0.2, 0.25) is 0 Å². The average Bonchev–Trinajstić information content (AvgIpc) is 3.28. The Labute approximate surface area is 177 Å². The number of nitrogens with one attached hydrogen (secondary N) is 2. The third-order valence-electron chi connectivity index (χ3n) is 4.78. The first-order valence-electron chi connectivity index (χ1n) is 8.89. The van der Waals surface area contributed by atoms with Crippen molar-refractivity contribution in [1.29, 1.82) is 0 Å². The summed E-state index contributed by atoms with van der Waals surface area (Å²) in [5.41, 5.74) is 1.99. The molecule has 1 fully saturated rings. The van der Waals surface area contributed by atoms with Crippen LogP contribution in [0.2, 0.25) is 9.84 Å². The molecule has 0 spiro atoms. The Morgan fingerprint density at radius 2 is 2.03 bits per heavy atom. The van der Waals surface area contributed by atoms with Gasteiger partial charge in [-0.2, -0.15) is 0 Å². The van der Waals surface area contributed by atoms with Crippen molar-refractivity contribution in [1.82, 2.24) is 24.8 Å². The zero-order valence-corrected chi connectivity index (χ0v) is 17.8. The molecule has 4 N–H and O–H groups in total. The Balaban J connectivity index is 1.61. The van der Waals surface area contributed by atoms with Crippen molar-refractivity contribution in [3.05, 3.63) is 47.5 Å². The summed E-state index contributed by atoms with van der Waals surface area (Å²) < 4.78 is 1.72. The molecule has 9 nitrogen and oxygen atoms in total. The van der Waals surface area contributed by atoms with Crippen LogP contribution in [-0.2, 0) is 11.3 Å². The number of nitrogens with zero attached hydrogens (tertiary/aromatic N) is 4. The summed E-state index contributed by atoms with van der Waals surface area (Å²) in [6.07, 6.45) is 0.770. The van der Waals surface area contributed by atoms with Crippen LogP contribution in [0.25, 0.3) is 11.2 Å². The van der Waals surface area contributed by atoms with Gasteiger partial charge in [-0.25, -0.2) is 0 Å². The standard InChI is InChI=1S/C18H19ClN6O3Se/c1-20-17(28)14-12(26)13(27)18(29-14)25-8-24-11-15(22-7-23-16(11)25)21-6-9-4-2-3-5-10(9)19/h2-5,7-8,12-14,18,26-27H,6H2,1H3,(H,20,28)(H,21,22,23)/t12-,13+,14-,18+/m0/s1. The Hall–Kier alpha value is -2.23. The van der Waals surface area contributed by atoms with Crippen LogP contribution in [0.15, 0.2) is 36.9 Å². The number of hydrogen-bond acceptors (Lipinski definition) is 7. The van der Waals surface area contributed by atoms with E-state index >= 15 is 0 Å². The van der Waals surface area contributed by atoms with Crippen LogP contribution in [0, 0.1) is 0 Å². The summed E-state index contributed by atoms with van der Waals surface area (Å²) in [7, 11) is 1.52. The second-order valence-electron chi connectivity index (χ2n) is 6.53. The van der Waals surface area contributed by atoms with Crippen LogP contribution < -0.4 is 10.6 Å². The van der Waals surface area contributed by atoms with Gasteiger partial charge in [0.1, 0.15) is 0 Å². The van der Waals surface area contributed by atoms with E-state index in [1.807, 2.05) is 24.3 Å². The van der Waals surface area contributed by atoms with Crippen LogP contribution in [0.3, 0.4) is 0 Å². The minimum atomic E-state index is -1.13. The number of aliphatic hydroxyl groups excluding tert-OH is 2. The maximum absolute atomic E-state index is 12.0. The molecule has 0 radical (unpaired) electrons. The van der Waals surface area contributed by atoms with Gasteiger partial charge in [-0.05, 0) is 0 Å². The van der Waals surface area contributed by atoms with E-state index in [4.69, 9.17) is 11.6 Å². The SMILES string of the molecule is CNC(=O)[C@H]1[Se][C@@H](n2cnc3c(NCc4ccccc4Cl)ncnc32)[C@H](O)[C@@H]1O. The molecule has 1 aliphatic heterocycles. The molecule has 4 rings (SSSR count). The van der Waals surface area contributed by atoms with Crippen molar-refractivity contribution in [2.24, 2.45) is 0 Å². The number of carbonyl (C=O) groups is 1. The number of rotatable bonds is 5. The zero-order valence-electron chi connectivity index (χ0n) is 15.4. The van der Waals surface area contributed by atoms with Gasteiger partial charge in [0.15, 0.2) is 0 Å². The molecule has 1 aliphatic rings. The van der Waals surface area contributed by atoms with E-state index in [1.54, 1.807) is 10.9 Å². The summed E-state index contributed by atoms with van der Waals surface area (Å²) in [6, 6.07) is 7.51. The molecule has 0 unspecified atom stereocenters. The number of halogens is 1. The zero-order chi connectivity index (χ0) is 20.5. The molecule has 0 saturated carbocycles. The molecule has 152 valence electrons. The Bertz CT molecular complexity index is 1050. The number of aliphatic hydroxyl groups is 2. The number of fused-ring (bicyclic) bond motifs is 1. The number of carbonyl (C=O) groups excluding carboxylic acids is 1. The molecule has 0 bridgehead atoms. The number of hydrogen-bond donors (Lipinski definition) is 4. The summed E-state index contributed by atoms with van der Waals surface area (Å²) in [4.78, 5) is 23.9. The molecule has 1 amide bonds. The van der Waals surface area contributed by atoms with Gasteiger partial charge in [-0.15, -0.1) is 0 Å². The van der Waals surface area contributed by atoms with Gasteiger partial charge in [-0.1, -0.05) is 0 Å². The first-order chi connectivity index (χ1) is 14.0. The van der Waals surface area contributed by atoms with Crippen LogP contribution in [-0.4, -0.2) is 69.9 Å². The minimum absolute atomic E-state index is 0.278. The van der Waals surface area contributed by atoms with Gasteiger partial charge in [0.25, 0.3) is 0 Å².